The van der Waals surface area contributed by atoms with E-state index >= 15 is 0 Å². The van der Waals surface area contributed by atoms with Crippen LogP contribution in [-0.2, 0) is 25.1 Å². The van der Waals surface area contributed by atoms with Gasteiger partial charge in [-0.2, -0.15) is 0 Å². The molecule has 0 unspecified atom stereocenters. The average molecular weight is 542 g/mol. The van der Waals surface area contributed by atoms with Crippen LogP contribution in [0.5, 0.6) is 0 Å². The normalized spacial score (nSPS) is 33.7. The molecular formula is C25H43NO8Si2. The summed E-state index contributed by atoms with van der Waals surface area (Å²) in [6.07, 6.45) is -5.89. The second-order valence-corrected chi connectivity index (χ2v) is 21.8. The Hall–Kier alpha value is -1.16. The maximum Gasteiger partial charge on any atom is 0.249 e. The van der Waals surface area contributed by atoms with E-state index in [1.165, 1.54) is 0 Å². The summed E-state index contributed by atoms with van der Waals surface area (Å²) in [5.41, 5.74) is -2.89. The number of benzene rings is 1. The quantitative estimate of drug-likeness (QED) is 0.291. The minimum atomic E-state index is -2.60. The van der Waals surface area contributed by atoms with Gasteiger partial charge in [0.1, 0.15) is 42.2 Å². The Balaban J connectivity index is 2.11. The van der Waals surface area contributed by atoms with Crippen LogP contribution in [0, 0.1) is 0 Å². The van der Waals surface area contributed by atoms with E-state index in [9.17, 15) is 25.2 Å². The third-order valence-corrected chi connectivity index (χ3v) is 13.2. The third kappa shape index (κ3) is 5.10. The highest BCUT2D eigenvalue weighted by atomic mass is 28.4. The number of hydroxylamine groups is 2. The molecule has 9 nitrogen and oxygen atoms in total. The molecule has 1 aliphatic carbocycles. The summed E-state index contributed by atoms with van der Waals surface area (Å²) in [6.45, 7) is 15.2. The van der Waals surface area contributed by atoms with E-state index in [2.05, 4.69) is 0 Å². The van der Waals surface area contributed by atoms with E-state index in [0.717, 1.165) is 10.6 Å². The molecule has 0 bridgehead atoms. The van der Waals surface area contributed by atoms with Gasteiger partial charge in [0, 0.05) is 0 Å². The van der Waals surface area contributed by atoms with Gasteiger partial charge in [0.2, 0.25) is 5.91 Å². The summed E-state index contributed by atoms with van der Waals surface area (Å²) >= 11 is 0. The van der Waals surface area contributed by atoms with Gasteiger partial charge in [0.25, 0.3) is 0 Å². The Morgan fingerprint density at radius 2 is 1.58 bits per heavy atom. The van der Waals surface area contributed by atoms with Gasteiger partial charge in [-0.1, -0.05) is 51.1 Å². The molecule has 0 radical (unpaired) electrons. The van der Waals surface area contributed by atoms with Crippen molar-refractivity contribution in [3.05, 3.63) is 35.9 Å². The maximum absolute atomic E-state index is 12.9. The van der Waals surface area contributed by atoms with Gasteiger partial charge in [0.15, 0.2) is 16.6 Å². The lowest BCUT2D eigenvalue weighted by molar-refractivity contribution is -0.353. The van der Waals surface area contributed by atoms with Crippen LogP contribution in [0.1, 0.15) is 32.8 Å². The molecule has 1 aromatic carbocycles. The Labute approximate surface area is 216 Å². The zero-order valence-electron chi connectivity index (χ0n) is 22.7. The minimum absolute atomic E-state index is 0.0643. The van der Waals surface area contributed by atoms with Crippen molar-refractivity contribution in [1.82, 2.24) is 5.06 Å². The first-order valence-corrected chi connectivity index (χ1v) is 18.8. The van der Waals surface area contributed by atoms with Gasteiger partial charge >= 0.3 is 0 Å². The van der Waals surface area contributed by atoms with Crippen LogP contribution in [0.2, 0.25) is 37.8 Å². The molecule has 1 amide bonds. The molecule has 1 spiro atoms. The van der Waals surface area contributed by atoms with Gasteiger partial charge in [-0.3, -0.25) is 9.63 Å². The second kappa shape index (κ2) is 9.86. The Bertz CT molecular complexity index is 934. The smallest absolute Gasteiger partial charge is 0.249 e. The molecule has 1 aromatic rings. The fourth-order valence-electron chi connectivity index (χ4n) is 4.67. The molecule has 1 saturated heterocycles. The molecule has 6 atom stereocenters. The van der Waals surface area contributed by atoms with E-state index in [4.69, 9.17) is 13.7 Å². The number of aliphatic hydroxyl groups excluding tert-OH is 3. The summed E-state index contributed by atoms with van der Waals surface area (Å²) in [6, 6.07) is 9.29. The lowest BCUT2D eigenvalue weighted by Crippen LogP contribution is -2.87. The summed E-state index contributed by atoms with van der Waals surface area (Å²) < 4.78 is 13.2. The van der Waals surface area contributed by atoms with Crippen molar-refractivity contribution in [2.45, 2.75) is 107 Å². The minimum Gasteiger partial charge on any atom is -0.409 e. The van der Waals surface area contributed by atoms with Crippen molar-refractivity contribution in [2.24, 2.45) is 0 Å². The third-order valence-electron chi connectivity index (χ3n) is 7.79. The van der Waals surface area contributed by atoms with Crippen molar-refractivity contribution in [3.63, 3.8) is 0 Å². The van der Waals surface area contributed by atoms with Crippen LogP contribution in [0.3, 0.4) is 0 Å². The first-order chi connectivity index (χ1) is 16.4. The summed E-state index contributed by atoms with van der Waals surface area (Å²) in [7, 11) is -4.99. The molecule has 36 heavy (non-hydrogen) atoms. The topological polar surface area (TPSA) is 129 Å². The van der Waals surface area contributed by atoms with Gasteiger partial charge < -0.3 is 29.3 Å². The number of amides is 1. The van der Waals surface area contributed by atoms with Crippen molar-refractivity contribution < 1.29 is 38.9 Å². The largest absolute Gasteiger partial charge is 0.409 e. The van der Waals surface area contributed by atoms with E-state index in [-0.39, 0.29) is 24.0 Å². The average Bonchev–Trinajstić information content (AvgIpc) is 2.76. The van der Waals surface area contributed by atoms with Crippen LogP contribution in [0.4, 0.5) is 0 Å². The number of hydrogen-bond donors (Lipinski definition) is 4. The first-order valence-electron chi connectivity index (χ1n) is 12.5. The Morgan fingerprint density at radius 3 is 2.06 bits per heavy atom. The molecule has 0 aromatic heterocycles. The predicted molar refractivity (Wildman–Crippen MR) is 140 cm³/mol. The SMILES string of the molecule is CC(C)(C)[Si](C)(C)O[C@H]1[C@@H](O[Si](C)(C)C)[C@@]2(CC(=O)N2OCc2ccccc2)[C@@H](O)[C@@H](O)[C@@]1(O)CO. The fraction of sp³-hybridized carbons (Fsp3) is 0.720. The predicted octanol–water partition coefficient (Wildman–Crippen LogP) is 2.16. The van der Waals surface area contributed by atoms with Crippen LogP contribution in [-0.4, -0.2) is 90.2 Å². The van der Waals surface area contributed by atoms with Gasteiger partial charge in [-0.15, -0.1) is 0 Å². The number of rotatable bonds is 8. The number of β-lactam (4-membered cyclic amide) rings is 1. The molecule has 1 heterocycles. The highest BCUT2D eigenvalue weighted by Gasteiger charge is 2.74. The zero-order chi connectivity index (χ0) is 27.3. The van der Waals surface area contributed by atoms with Crippen molar-refractivity contribution in [1.29, 1.82) is 0 Å². The second-order valence-electron chi connectivity index (χ2n) is 12.6. The van der Waals surface area contributed by atoms with Crippen molar-refractivity contribution in [3.8, 4) is 0 Å². The number of nitrogens with zero attached hydrogens (tertiary/aromatic N) is 1. The van der Waals surface area contributed by atoms with Gasteiger partial charge in [-0.05, 0) is 43.3 Å². The van der Waals surface area contributed by atoms with Gasteiger partial charge in [0.05, 0.1) is 13.0 Å². The molecule has 2 fully saturated rings. The molecule has 1 saturated carbocycles. The summed E-state index contributed by atoms with van der Waals surface area (Å²) in [5.74, 6) is -0.373. The monoisotopic (exact) mass is 541 g/mol. The van der Waals surface area contributed by atoms with Gasteiger partial charge in [-0.25, -0.2) is 5.06 Å². The van der Waals surface area contributed by atoms with E-state index < -0.39 is 58.8 Å². The maximum atomic E-state index is 12.9. The number of carbonyl (C=O) groups is 1. The fourth-order valence-corrected chi connectivity index (χ4v) is 7.07. The lowest BCUT2D eigenvalue weighted by Gasteiger charge is -2.65. The zero-order valence-corrected chi connectivity index (χ0v) is 24.7. The van der Waals surface area contributed by atoms with E-state index in [1.807, 2.05) is 83.8 Å². The first kappa shape index (κ1) is 29.4. The van der Waals surface area contributed by atoms with E-state index in [1.54, 1.807) is 0 Å². The van der Waals surface area contributed by atoms with E-state index in [0.29, 0.717) is 0 Å². The summed E-state index contributed by atoms with van der Waals surface area (Å²) in [5, 5.41) is 45.4. The van der Waals surface area contributed by atoms with Crippen LogP contribution in [0.25, 0.3) is 0 Å². The molecule has 2 aliphatic rings. The molecule has 4 N–H and O–H groups in total. The van der Waals surface area contributed by atoms with Crippen LogP contribution >= 0.6 is 0 Å². The Morgan fingerprint density at radius 1 is 1.00 bits per heavy atom. The lowest BCUT2D eigenvalue weighted by atomic mass is 9.62. The molecular weight excluding hydrogens is 498 g/mol. The Kier molecular flexibility index (Phi) is 8.05. The molecule has 1 aliphatic heterocycles. The van der Waals surface area contributed by atoms with Crippen molar-refractivity contribution >= 4 is 22.5 Å². The number of hydrogen-bond acceptors (Lipinski definition) is 8. The van der Waals surface area contributed by atoms with Crippen LogP contribution in [0.15, 0.2) is 30.3 Å². The van der Waals surface area contributed by atoms with Crippen molar-refractivity contribution in [2.75, 3.05) is 6.61 Å². The highest BCUT2D eigenvalue weighted by Crippen LogP contribution is 2.52. The molecule has 11 heteroatoms. The highest BCUT2D eigenvalue weighted by molar-refractivity contribution is 6.74. The molecule has 204 valence electrons. The standard InChI is InChI=1S/C25H43NO8Si2/c1-23(2,3)36(7,8)34-22-21(33-35(4,5)6)24(19(29)20(30)25(22,31)16-27)14-18(28)26(24)32-15-17-12-10-9-11-13-17/h9-13,19-22,27,29-31H,14-16H2,1-8H3/t19-,20+,21+,22-,24+,25-/m0/s1. The number of aliphatic hydroxyl groups is 4. The molecule has 3 rings (SSSR count). The summed E-state index contributed by atoms with van der Waals surface area (Å²) in [4.78, 5) is 18.8. The van der Waals surface area contributed by atoms with Crippen LogP contribution < -0.4 is 0 Å². The number of carbonyl (C=O) groups excluding carboxylic acids is 1.